The first kappa shape index (κ1) is 16.5. The van der Waals surface area contributed by atoms with Crippen molar-refractivity contribution < 1.29 is 10.0 Å². The Morgan fingerprint density at radius 1 is 1.43 bits per heavy atom. The Morgan fingerprint density at radius 2 is 2.26 bits per heavy atom. The molecule has 0 radical (unpaired) electrons. The Labute approximate surface area is 137 Å². The summed E-state index contributed by atoms with van der Waals surface area (Å²) in [4.78, 5) is 15.7. The molecule has 6 nitrogen and oxygen atoms in total. The summed E-state index contributed by atoms with van der Waals surface area (Å²) in [7, 11) is 0. The molecule has 23 heavy (non-hydrogen) atoms. The van der Waals surface area contributed by atoms with E-state index in [2.05, 4.69) is 16.9 Å². The minimum atomic E-state index is -0.477. The standard InChI is InChI=1S/C16H16N4O2S/c1-2-11(6-4-8-18-22)14-10-23-16(20-14)19-13-7-3-5-12(9-13)15(17)21/h2-10,18,22H,1H2,(H2,17,21)(H,19,20)/b8-4-,11-6+. The minimum Gasteiger partial charge on any atom is -0.366 e. The zero-order valence-corrected chi connectivity index (χ0v) is 13.0. The van der Waals surface area contributed by atoms with Crippen LogP contribution < -0.4 is 16.5 Å². The first-order valence-electron chi connectivity index (χ1n) is 6.65. The van der Waals surface area contributed by atoms with Crippen molar-refractivity contribution in [1.29, 1.82) is 0 Å². The lowest BCUT2D eigenvalue weighted by atomic mass is 10.2. The number of rotatable bonds is 7. The molecule has 0 bridgehead atoms. The van der Waals surface area contributed by atoms with Gasteiger partial charge < -0.3 is 11.1 Å². The maximum Gasteiger partial charge on any atom is 0.248 e. The van der Waals surface area contributed by atoms with E-state index in [4.69, 9.17) is 10.9 Å². The fraction of sp³-hybridized carbons (Fsp3) is 0. The molecule has 0 saturated carbocycles. The van der Waals surface area contributed by atoms with Gasteiger partial charge in [0.05, 0.1) is 5.69 Å². The lowest BCUT2D eigenvalue weighted by Crippen LogP contribution is -2.10. The van der Waals surface area contributed by atoms with Gasteiger partial charge in [-0.15, -0.1) is 11.3 Å². The van der Waals surface area contributed by atoms with Crippen LogP contribution in [0.5, 0.6) is 0 Å². The van der Waals surface area contributed by atoms with Crippen molar-refractivity contribution in [2.75, 3.05) is 5.32 Å². The summed E-state index contributed by atoms with van der Waals surface area (Å²) >= 11 is 1.43. The van der Waals surface area contributed by atoms with Gasteiger partial charge >= 0.3 is 0 Å². The topological polar surface area (TPSA) is 100 Å². The van der Waals surface area contributed by atoms with Crippen molar-refractivity contribution in [2.45, 2.75) is 0 Å². The SMILES string of the molecule is C=C/C(=C\C=C/NO)c1csc(Nc2cccc(C(N)=O)c2)n1. The van der Waals surface area contributed by atoms with E-state index >= 15 is 0 Å². The molecule has 0 spiro atoms. The maximum absolute atomic E-state index is 11.2. The zero-order chi connectivity index (χ0) is 16.7. The summed E-state index contributed by atoms with van der Waals surface area (Å²) in [6.45, 7) is 3.75. The first-order valence-corrected chi connectivity index (χ1v) is 7.53. The smallest absolute Gasteiger partial charge is 0.248 e. The number of carbonyl (C=O) groups is 1. The Hall–Kier alpha value is -2.90. The number of benzene rings is 1. The number of nitrogens with one attached hydrogen (secondary N) is 2. The van der Waals surface area contributed by atoms with Gasteiger partial charge in [-0.05, 0) is 24.3 Å². The van der Waals surface area contributed by atoms with Gasteiger partial charge in [-0.25, -0.2) is 4.98 Å². The first-order chi connectivity index (χ1) is 11.1. The highest BCUT2D eigenvalue weighted by Crippen LogP contribution is 2.25. The molecule has 0 saturated heterocycles. The number of allylic oxidation sites excluding steroid dienone is 4. The third kappa shape index (κ3) is 4.53. The van der Waals surface area contributed by atoms with Crippen LogP contribution >= 0.6 is 11.3 Å². The predicted molar refractivity (Wildman–Crippen MR) is 92.6 cm³/mol. The van der Waals surface area contributed by atoms with Crippen LogP contribution in [0.25, 0.3) is 5.57 Å². The van der Waals surface area contributed by atoms with E-state index < -0.39 is 5.91 Å². The summed E-state index contributed by atoms with van der Waals surface area (Å²) in [6, 6.07) is 6.90. The summed E-state index contributed by atoms with van der Waals surface area (Å²) in [5, 5.41) is 14.2. The summed E-state index contributed by atoms with van der Waals surface area (Å²) < 4.78 is 0. The van der Waals surface area contributed by atoms with Crippen LogP contribution in [0.15, 0.2) is 60.7 Å². The number of hydroxylamine groups is 1. The highest BCUT2D eigenvalue weighted by Gasteiger charge is 2.06. The summed E-state index contributed by atoms with van der Waals surface area (Å²) in [5.41, 5.74) is 9.92. The molecular formula is C16H16N4O2S. The maximum atomic E-state index is 11.2. The molecule has 1 aromatic heterocycles. The van der Waals surface area contributed by atoms with E-state index in [1.165, 1.54) is 17.5 Å². The number of anilines is 2. The molecule has 1 amide bonds. The number of nitrogens with two attached hydrogens (primary N) is 1. The third-order valence-corrected chi connectivity index (χ3v) is 3.62. The Balaban J connectivity index is 2.17. The highest BCUT2D eigenvalue weighted by atomic mass is 32.1. The number of amides is 1. The average Bonchev–Trinajstić information content (AvgIpc) is 3.00. The van der Waals surface area contributed by atoms with Crippen molar-refractivity contribution in [1.82, 2.24) is 10.5 Å². The van der Waals surface area contributed by atoms with Gasteiger partial charge in [0.1, 0.15) is 0 Å². The molecule has 0 atom stereocenters. The molecule has 2 rings (SSSR count). The predicted octanol–water partition coefficient (Wildman–Crippen LogP) is 3.05. The van der Waals surface area contributed by atoms with Crippen molar-refractivity contribution in [3.05, 3.63) is 71.9 Å². The number of primary amides is 1. The van der Waals surface area contributed by atoms with Crippen molar-refractivity contribution in [3.63, 3.8) is 0 Å². The van der Waals surface area contributed by atoms with Gasteiger partial charge in [0.15, 0.2) is 5.13 Å². The number of nitrogens with zero attached hydrogens (tertiary/aromatic N) is 1. The Kier molecular flexibility index (Phi) is 5.67. The molecule has 0 aliphatic rings. The van der Waals surface area contributed by atoms with Gasteiger partial charge in [0.25, 0.3) is 0 Å². The largest absolute Gasteiger partial charge is 0.366 e. The lowest BCUT2D eigenvalue weighted by Gasteiger charge is -2.03. The molecule has 7 heteroatoms. The van der Waals surface area contributed by atoms with E-state index in [0.29, 0.717) is 10.7 Å². The summed E-state index contributed by atoms with van der Waals surface area (Å²) in [6.07, 6.45) is 6.46. The molecule has 0 aliphatic carbocycles. The van der Waals surface area contributed by atoms with Gasteiger partial charge in [-0.2, -0.15) is 0 Å². The average molecular weight is 328 g/mol. The van der Waals surface area contributed by atoms with Gasteiger partial charge in [0, 0.05) is 28.4 Å². The molecule has 0 aliphatic heterocycles. The number of hydrogen-bond acceptors (Lipinski definition) is 6. The zero-order valence-electron chi connectivity index (χ0n) is 12.2. The van der Waals surface area contributed by atoms with Gasteiger partial charge in [-0.3, -0.25) is 15.5 Å². The molecule has 5 N–H and O–H groups in total. The highest BCUT2D eigenvalue weighted by molar-refractivity contribution is 7.13. The normalized spacial score (nSPS) is 11.4. The third-order valence-electron chi connectivity index (χ3n) is 2.86. The van der Waals surface area contributed by atoms with Crippen LogP contribution in [0.1, 0.15) is 16.1 Å². The number of thiazole rings is 1. The lowest BCUT2D eigenvalue weighted by molar-refractivity contribution is 0.100. The van der Waals surface area contributed by atoms with E-state index in [1.807, 2.05) is 16.9 Å². The molecule has 0 unspecified atom stereocenters. The van der Waals surface area contributed by atoms with Crippen LogP contribution in [0, 0.1) is 0 Å². The second kappa shape index (κ2) is 7.92. The van der Waals surface area contributed by atoms with E-state index in [0.717, 1.165) is 17.0 Å². The van der Waals surface area contributed by atoms with Crippen LogP contribution in [-0.4, -0.2) is 16.1 Å². The second-order valence-corrected chi connectivity index (χ2v) is 5.28. The molecule has 1 aromatic carbocycles. The van der Waals surface area contributed by atoms with E-state index in [9.17, 15) is 4.79 Å². The monoisotopic (exact) mass is 328 g/mol. The summed E-state index contributed by atoms with van der Waals surface area (Å²) in [5.74, 6) is -0.477. The molecular weight excluding hydrogens is 312 g/mol. The quantitative estimate of drug-likeness (QED) is 0.462. The van der Waals surface area contributed by atoms with Crippen LogP contribution in [0.2, 0.25) is 0 Å². The van der Waals surface area contributed by atoms with Crippen LogP contribution in [-0.2, 0) is 0 Å². The van der Waals surface area contributed by atoms with E-state index in [-0.39, 0.29) is 0 Å². The molecule has 0 fully saturated rings. The number of carbonyl (C=O) groups excluding carboxylic acids is 1. The van der Waals surface area contributed by atoms with Crippen LogP contribution in [0.4, 0.5) is 10.8 Å². The van der Waals surface area contributed by atoms with Gasteiger partial charge in [-0.1, -0.05) is 24.8 Å². The Bertz CT molecular complexity index is 765. The molecule has 1 heterocycles. The number of hydrogen-bond donors (Lipinski definition) is 4. The van der Waals surface area contributed by atoms with Gasteiger partial charge in [0.2, 0.25) is 5.91 Å². The van der Waals surface area contributed by atoms with Crippen molar-refractivity contribution >= 4 is 33.6 Å². The minimum absolute atomic E-state index is 0.431. The Morgan fingerprint density at radius 3 is 2.96 bits per heavy atom. The fourth-order valence-corrected chi connectivity index (χ4v) is 2.53. The van der Waals surface area contributed by atoms with Crippen molar-refractivity contribution in [2.24, 2.45) is 5.73 Å². The molecule has 118 valence electrons. The van der Waals surface area contributed by atoms with Crippen molar-refractivity contribution in [3.8, 4) is 0 Å². The van der Waals surface area contributed by atoms with Crippen LogP contribution in [0.3, 0.4) is 0 Å². The second-order valence-electron chi connectivity index (χ2n) is 4.42. The number of aromatic nitrogens is 1. The fourth-order valence-electron chi connectivity index (χ4n) is 1.79. The van der Waals surface area contributed by atoms with E-state index in [1.54, 1.807) is 36.4 Å². The molecule has 2 aromatic rings.